The fraction of sp³-hybridized carbons (Fsp3) is 0. The minimum Gasteiger partial charge on any atom is -0.744 e. The summed E-state index contributed by atoms with van der Waals surface area (Å²) in [7, 11) is -4.61. The maximum Gasteiger partial charge on any atom is 0.301 e. The number of aromatic amines is 1. The van der Waals surface area contributed by atoms with Gasteiger partial charge in [0, 0.05) is 17.7 Å². The second-order valence-electron chi connectivity index (χ2n) is 5.77. The van der Waals surface area contributed by atoms with E-state index >= 15 is 0 Å². The third kappa shape index (κ3) is 4.29. The predicted molar refractivity (Wildman–Crippen MR) is 108 cm³/mol. The van der Waals surface area contributed by atoms with Gasteiger partial charge in [0.25, 0.3) is 5.69 Å². The van der Waals surface area contributed by atoms with Gasteiger partial charge in [0.2, 0.25) is 0 Å². The lowest BCUT2D eigenvalue weighted by Crippen LogP contribution is -2.29. The molecule has 14 heteroatoms. The third-order valence-electron chi connectivity index (χ3n) is 3.84. The highest BCUT2D eigenvalue weighted by Gasteiger charge is 2.18. The topological polar surface area (TPSA) is 189 Å². The van der Waals surface area contributed by atoms with Gasteiger partial charge in [0.15, 0.2) is 10.8 Å². The Morgan fingerprint density at radius 3 is 2.20 bits per heavy atom. The molecule has 0 saturated carbocycles. The minimum atomic E-state index is -4.61. The Bertz CT molecular complexity index is 1320. The highest BCUT2D eigenvalue weighted by atomic mass is 32.2. The van der Waals surface area contributed by atoms with Crippen molar-refractivity contribution in [2.45, 2.75) is 4.90 Å². The van der Waals surface area contributed by atoms with Gasteiger partial charge in [0.1, 0.15) is 10.1 Å². The number of hydrogen-bond donors (Lipinski definition) is 2. The van der Waals surface area contributed by atoms with Gasteiger partial charge in [-0.1, -0.05) is 0 Å². The lowest BCUT2D eigenvalue weighted by molar-refractivity contribution is -0.384. The summed E-state index contributed by atoms with van der Waals surface area (Å²) in [5.74, 6) is 0. The van der Waals surface area contributed by atoms with Gasteiger partial charge >= 0.3 is 5.56 Å². The quantitative estimate of drug-likeness (QED) is 0.195. The zero-order valence-corrected chi connectivity index (χ0v) is 16.4. The van der Waals surface area contributed by atoms with E-state index in [2.05, 4.69) is 15.3 Å². The molecular weight excluding hydrogens is 436 g/mol. The minimum absolute atomic E-state index is 0.147. The summed E-state index contributed by atoms with van der Waals surface area (Å²) in [5, 5.41) is 21.0. The molecule has 0 amide bonds. The average Bonchev–Trinajstić information content (AvgIpc) is 3.02. The summed E-state index contributed by atoms with van der Waals surface area (Å²) in [6.07, 6.45) is 0. The molecule has 1 aromatic heterocycles. The van der Waals surface area contributed by atoms with Gasteiger partial charge in [0.05, 0.1) is 21.2 Å². The van der Waals surface area contributed by atoms with Crippen LogP contribution in [0, 0.1) is 10.1 Å². The van der Waals surface area contributed by atoms with Crippen molar-refractivity contribution in [3.05, 3.63) is 69.0 Å². The SMILES string of the molecule is NC(=S)n1[nH]c(-c2ccc([N+](=O)[O-])cc2)c(N=Nc2ccc(S(=O)(=O)[O-])cc2)c1=O. The van der Waals surface area contributed by atoms with E-state index in [0.29, 0.717) is 5.56 Å². The van der Waals surface area contributed by atoms with E-state index < -0.39 is 25.5 Å². The fourth-order valence-corrected chi connectivity index (χ4v) is 3.01. The molecule has 0 saturated heterocycles. The average molecular weight is 447 g/mol. The molecule has 30 heavy (non-hydrogen) atoms. The molecule has 0 bridgehead atoms. The summed E-state index contributed by atoms with van der Waals surface area (Å²) < 4.78 is 33.8. The molecule has 154 valence electrons. The molecule has 0 radical (unpaired) electrons. The fourth-order valence-electron chi connectivity index (χ4n) is 2.41. The molecule has 0 spiro atoms. The van der Waals surface area contributed by atoms with Gasteiger partial charge in [-0.05, 0) is 48.6 Å². The molecule has 12 nitrogen and oxygen atoms in total. The smallest absolute Gasteiger partial charge is 0.301 e. The number of azo groups is 1. The summed E-state index contributed by atoms with van der Waals surface area (Å²) >= 11 is 4.82. The molecule has 0 aliphatic rings. The van der Waals surface area contributed by atoms with E-state index in [0.717, 1.165) is 16.8 Å². The second kappa shape index (κ2) is 7.94. The number of thiocarbonyl (C=S) groups is 1. The van der Waals surface area contributed by atoms with Gasteiger partial charge in [-0.25, -0.2) is 8.42 Å². The van der Waals surface area contributed by atoms with Crippen LogP contribution in [0.25, 0.3) is 11.3 Å². The Labute approximate surface area is 173 Å². The third-order valence-corrected chi connectivity index (χ3v) is 4.88. The van der Waals surface area contributed by atoms with Gasteiger partial charge in [-0.15, -0.1) is 5.11 Å². The zero-order chi connectivity index (χ0) is 22.1. The highest BCUT2D eigenvalue weighted by molar-refractivity contribution is 7.85. The molecule has 0 fully saturated rings. The molecule has 0 unspecified atom stereocenters. The van der Waals surface area contributed by atoms with Crippen molar-refractivity contribution in [3.8, 4) is 11.3 Å². The zero-order valence-electron chi connectivity index (χ0n) is 14.8. The number of non-ortho nitro benzene ring substituents is 1. The van der Waals surface area contributed by atoms with Crippen molar-refractivity contribution in [2.75, 3.05) is 0 Å². The Morgan fingerprint density at radius 1 is 1.10 bits per heavy atom. The maximum absolute atomic E-state index is 12.6. The molecule has 0 aliphatic heterocycles. The molecule has 1 heterocycles. The Balaban J connectivity index is 2.05. The van der Waals surface area contributed by atoms with Crippen molar-refractivity contribution in [3.63, 3.8) is 0 Å². The molecule has 3 rings (SSSR count). The molecule has 3 aromatic rings. The summed E-state index contributed by atoms with van der Waals surface area (Å²) in [4.78, 5) is 22.4. The van der Waals surface area contributed by atoms with Gasteiger partial charge in [-0.3, -0.25) is 20.0 Å². The van der Waals surface area contributed by atoms with E-state index in [4.69, 9.17) is 18.0 Å². The number of H-pyrrole nitrogens is 1. The molecule has 2 aromatic carbocycles. The largest absolute Gasteiger partial charge is 0.744 e. The Kier molecular flexibility index (Phi) is 5.55. The number of nitrogens with two attached hydrogens (primary N) is 1. The number of rotatable bonds is 5. The predicted octanol–water partition coefficient (Wildman–Crippen LogP) is 2.16. The standard InChI is InChI=1S/C16H12N6O6S2/c17-16(29)21-15(23)14(13(20-21)9-1-5-11(6-2-9)22(24)25)19-18-10-3-7-12(8-4-10)30(26,27)28/h1-8,20H,(H2,17,29)(H,26,27,28)/p-1. The first-order valence-corrected chi connectivity index (χ1v) is 9.77. The van der Waals surface area contributed by atoms with Crippen LogP contribution in [-0.2, 0) is 10.1 Å². The summed E-state index contributed by atoms with van der Waals surface area (Å²) in [6.45, 7) is 0. The van der Waals surface area contributed by atoms with Crippen LogP contribution < -0.4 is 11.3 Å². The monoisotopic (exact) mass is 447 g/mol. The van der Waals surface area contributed by atoms with Gasteiger partial charge < -0.3 is 10.3 Å². The van der Waals surface area contributed by atoms with Gasteiger partial charge in [-0.2, -0.15) is 9.80 Å². The van der Waals surface area contributed by atoms with Crippen LogP contribution >= 0.6 is 12.2 Å². The summed E-state index contributed by atoms with van der Waals surface area (Å²) in [6, 6.07) is 9.87. The van der Waals surface area contributed by atoms with Crippen molar-refractivity contribution >= 4 is 44.5 Å². The molecule has 0 atom stereocenters. The molecule has 3 N–H and O–H groups in total. The Hall–Kier alpha value is -3.75. The number of aromatic nitrogens is 2. The normalized spacial score (nSPS) is 11.6. The van der Waals surface area contributed by atoms with Crippen LogP contribution in [0.1, 0.15) is 0 Å². The van der Waals surface area contributed by atoms with E-state index in [1.54, 1.807) is 0 Å². The Morgan fingerprint density at radius 2 is 1.70 bits per heavy atom. The number of nitro benzene ring substituents is 1. The van der Waals surface area contributed by atoms with E-state index in [1.165, 1.54) is 36.4 Å². The van der Waals surface area contributed by atoms with Crippen molar-refractivity contribution < 1.29 is 17.9 Å². The second-order valence-corrected chi connectivity index (χ2v) is 7.56. The summed E-state index contributed by atoms with van der Waals surface area (Å²) in [5.41, 5.74) is 5.19. The lowest BCUT2D eigenvalue weighted by Gasteiger charge is -2.05. The first-order chi connectivity index (χ1) is 14.1. The number of nitrogens with one attached hydrogen (secondary N) is 1. The van der Waals surface area contributed by atoms with Crippen molar-refractivity contribution in [1.82, 2.24) is 9.78 Å². The molecular formula is C16H11N6O6S2-. The van der Waals surface area contributed by atoms with Crippen LogP contribution in [-0.4, -0.2) is 32.8 Å². The van der Waals surface area contributed by atoms with Crippen LogP contribution in [0.5, 0.6) is 0 Å². The van der Waals surface area contributed by atoms with Crippen LogP contribution in [0.4, 0.5) is 17.1 Å². The lowest BCUT2D eigenvalue weighted by atomic mass is 10.1. The van der Waals surface area contributed by atoms with E-state index in [-0.39, 0.29) is 27.9 Å². The first-order valence-electron chi connectivity index (χ1n) is 7.95. The number of nitro groups is 1. The molecule has 0 aliphatic carbocycles. The van der Waals surface area contributed by atoms with E-state index in [1.807, 2.05) is 0 Å². The van der Waals surface area contributed by atoms with E-state index in [9.17, 15) is 27.9 Å². The van der Waals surface area contributed by atoms with Crippen molar-refractivity contribution in [2.24, 2.45) is 16.0 Å². The number of benzene rings is 2. The number of hydrogen-bond acceptors (Lipinski definition) is 9. The van der Waals surface area contributed by atoms with Crippen LogP contribution in [0.2, 0.25) is 0 Å². The first kappa shape index (κ1) is 21.0. The van der Waals surface area contributed by atoms with Crippen LogP contribution in [0.3, 0.4) is 0 Å². The number of nitrogens with zero attached hydrogens (tertiary/aromatic N) is 4. The van der Waals surface area contributed by atoms with Crippen molar-refractivity contribution in [1.29, 1.82) is 0 Å². The maximum atomic E-state index is 12.6. The van der Waals surface area contributed by atoms with Crippen LogP contribution in [0.15, 0.2) is 68.4 Å². The highest BCUT2D eigenvalue weighted by Crippen LogP contribution is 2.29.